The molecule has 2 aliphatic heterocycles. The topological polar surface area (TPSA) is 3.24 Å². The number of anilines is 2. The second-order valence-electron chi connectivity index (χ2n) is 7.82. The molecule has 2 heteroatoms. The number of benzene rings is 2. The van der Waals surface area contributed by atoms with Gasteiger partial charge in [0.05, 0.1) is 11.4 Å². The van der Waals surface area contributed by atoms with Crippen molar-refractivity contribution in [2.75, 3.05) is 16.4 Å². The summed E-state index contributed by atoms with van der Waals surface area (Å²) in [6.07, 6.45) is 15.3. The first-order chi connectivity index (χ1) is 15.6. The first kappa shape index (κ1) is 25.5. The second kappa shape index (κ2) is 13.0. The van der Waals surface area contributed by atoms with Crippen LogP contribution in [0.2, 0.25) is 0 Å². The highest BCUT2D eigenvalue weighted by Crippen LogP contribution is 2.73. The molecule has 1 saturated heterocycles. The lowest BCUT2D eigenvalue weighted by molar-refractivity contribution is 0.949. The fraction of sp³-hybridized carbons (Fsp3) is 0.267. The molecule has 1 nitrogen and oxygen atoms in total. The Balaban J connectivity index is 0.000000395. The lowest BCUT2D eigenvalue weighted by Crippen LogP contribution is -2.24. The summed E-state index contributed by atoms with van der Waals surface area (Å²) in [6.45, 7) is 17.8. The van der Waals surface area contributed by atoms with Gasteiger partial charge in [0.15, 0.2) is 0 Å². The van der Waals surface area contributed by atoms with E-state index in [0.29, 0.717) is 0 Å². The lowest BCUT2D eigenvalue weighted by atomic mass is 10.2. The second-order valence-corrected chi connectivity index (χ2v) is 11.3. The molecule has 1 fully saturated rings. The number of nitrogens with zero attached hydrogens (tertiary/aromatic N) is 1. The molecule has 32 heavy (non-hydrogen) atoms. The highest BCUT2D eigenvalue weighted by atomic mass is 32.3. The first-order valence-electron chi connectivity index (χ1n) is 11.6. The summed E-state index contributed by atoms with van der Waals surface area (Å²) in [5.41, 5.74) is 3.61. The number of allylic oxidation sites excluding steroid dienone is 6. The van der Waals surface area contributed by atoms with Crippen molar-refractivity contribution in [3.63, 3.8) is 0 Å². The van der Waals surface area contributed by atoms with Crippen LogP contribution in [0.3, 0.4) is 0 Å². The summed E-state index contributed by atoms with van der Waals surface area (Å²) in [5.74, 6) is 2.65. The average Bonchev–Trinajstić information content (AvgIpc) is 3.30. The van der Waals surface area contributed by atoms with Crippen molar-refractivity contribution >= 4 is 21.4 Å². The maximum Gasteiger partial charge on any atom is 0.0585 e. The van der Waals surface area contributed by atoms with Gasteiger partial charge in [0.1, 0.15) is 0 Å². The molecule has 0 bridgehead atoms. The molecule has 2 aliphatic rings. The van der Waals surface area contributed by atoms with Gasteiger partial charge in [0.25, 0.3) is 0 Å². The molecule has 0 N–H and O–H groups in total. The molecule has 0 atom stereocenters. The summed E-state index contributed by atoms with van der Waals surface area (Å²) in [5, 5.41) is 0. The average molecular weight is 446 g/mol. The Morgan fingerprint density at radius 1 is 0.875 bits per heavy atom. The van der Waals surface area contributed by atoms with Crippen LogP contribution in [0.5, 0.6) is 0 Å². The number of rotatable bonds is 4. The fourth-order valence-corrected chi connectivity index (χ4v) is 8.64. The number of hydrogen-bond acceptors (Lipinski definition) is 1. The Morgan fingerprint density at radius 3 is 1.75 bits per heavy atom. The number of fused-ring (bicyclic) bond motifs is 4. The predicted octanol–water partition coefficient (Wildman–Crippen LogP) is 9.58. The molecule has 4 rings (SSSR count). The summed E-state index contributed by atoms with van der Waals surface area (Å²) in [6, 6.07) is 17.9. The van der Waals surface area contributed by atoms with Gasteiger partial charge in [-0.25, -0.2) is 0 Å². The van der Waals surface area contributed by atoms with Gasteiger partial charge in [-0.1, -0.05) is 94.7 Å². The van der Waals surface area contributed by atoms with Gasteiger partial charge in [-0.15, -0.1) is 0 Å². The normalized spacial score (nSPS) is 16.3. The minimum absolute atomic E-state index is 0.895. The molecule has 0 aliphatic carbocycles. The first-order valence-corrected chi connectivity index (χ1v) is 13.6. The van der Waals surface area contributed by atoms with E-state index in [9.17, 15) is 0 Å². The van der Waals surface area contributed by atoms with Gasteiger partial charge >= 0.3 is 0 Å². The van der Waals surface area contributed by atoms with E-state index in [-0.39, 0.29) is 0 Å². The van der Waals surface area contributed by atoms with E-state index in [1.807, 2.05) is 31.2 Å². The molecular formula is C30H39NS. The lowest BCUT2D eigenvalue weighted by Gasteiger charge is -2.47. The van der Waals surface area contributed by atoms with Crippen LogP contribution < -0.4 is 4.90 Å². The Kier molecular flexibility index (Phi) is 10.4. The maximum atomic E-state index is 4.33. The monoisotopic (exact) mass is 445 g/mol. The molecule has 170 valence electrons. The highest BCUT2D eigenvalue weighted by Gasteiger charge is 2.41. The molecule has 1 spiro atoms. The smallest absolute Gasteiger partial charge is 0.0585 e. The van der Waals surface area contributed by atoms with Crippen LogP contribution in [0.15, 0.2) is 120 Å². The van der Waals surface area contributed by atoms with Crippen LogP contribution in [0.1, 0.15) is 40.0 Å². The van der Waals surface area contributed by atoms with Gasteiger partial charge < -0.3 is 4.90 Å². The third-order valence-electron chi connectivity index (χ3n) is 5.33. The van der Waals surface area contributed by atoms with Gasteiger partial charge in [-0.2, -0.15) is 10.0 Å². The van der Waals surface area contributed by atoms with Crippen LogP contribution in [0.4, 0.5) is 11.4 Å². The third-order valence-corrected chi connectivity index (χ3v) is 9.68. The van der Waals surface area contributed by atoms with Crippen LogP contribution in [-0.4, -0.2) is 11.5 Å². The van der Waals surface area contributed by atoms with E-state index >= 15 is 0 Å². The Morgan fingerprint density at radius 2 is 1.34 bits per heavy atom. The third kappa shape index (κ3) is 5.55. The van der Waals surface area contributed by atoms with Crippen LogP contribution >= 0.6 is 10.0 Å². The molecule has 0 unspecified atom stereocenters. The zero-order chi connectivity index (χ0) is 23.4. The minimum atomic E-state index is -0.895. The largest absolute Gasteiger partial charge is 0.309 e. The molecule has 2 aromatic carbocycles. The van der Waals surface area contributed by atoms with E-state index in [0.717, 1.165) is 5.70 Å². The zero-order valence-corrected chi connectivity index (χ0v) is 20.9. The van der Waals surface area contributed by atoms with Crippen molar-refractivity contribution in [1.82, 2.24) is 0 Å². The van der Waals surface area contributed by atoms with E-state index in [2.05, 4.69) is 87.0 Å². The summed E-state index contributed by atoms with van der Waals surface area (Å²) in [7, 11) is -0.895. The van der Waals surface area contributed by atoms with Gasteiger partial charge in [-0.3, -0.25) is 0 Å². The van der Waals surface area contributed by atoms with E-state index in [4.69, 9.17) is 0 Å². The van der Waals surface area contributed by atoms with Crippen molar-refractivity contribution in [3.05, 3.63) is 110 Å². The molecule has 0 saturated carbocycles. The van der Waals surface area contributed by atoms with Gasteiger partial charge in [0.2, 0.25) is 0 Å². The van der Waals surface area contributed by atoms with Gasteiger partial charge in [-0.05, 0) is 61.6 Å². The Labute approximate surface area is 197 Å². The quantitative estimate of drug-likeness (QED) is 0.423. The zero-order valence-electron chi connectivity index (χ0n) is 20.1. The van der Waals surface area contributed by atoms with E-state index < -0.39 is 10.0 Å². The van der Waals surface area contributed by atoms with Crippen LogP contribution in [-0.2, 0) is 0 Å². The molecule has 0 amide bonds. The SMILES string of the molecule is C=C/C=C\C.C=C/C=C\C(=C)N1c2ccccc2S2(CCCC2)c2ccccc21.CCC. The van der Waals surface area contributed by atoms with Crippen LogP contribution in [0, 0.1) is 0 Å². The molecule has 0 radical (unpaired) electrons. The predicted molar refractivity (Wildman–Crippen MR) is 148 cm³/mol. The molecule has 2 heterocycles. The summed E-state index contributed by atoms with van der Waals surface area (Å²) >= 11 is 0. The van der Waals surface area contributed by atoms with Crippen molar-refractivity contribution in [1.29, 1.82) is 0 Å². The minimum Gasteiger partial charge on any atom is -0.309 e. The number of para-hydroxylation sites is 2. The van der Waals surface area contributed by atoms with Crippen molar-refractivity contribution < 1.29 is 0 Å². The standard InChI is InChI=1S/C22H23NS.C5H8.C3H8/c1-3-4-11-18(2)23-19-12-5-7-14-21(19)24(16-9-10-17-24)22-15-8-6-13-20(22)23;1-3-5-4-2;1-3-2/h3-8,11-15H,1-2,9-10,16-17H2;3-5H,1H2,2H3;3H2,1-2H3/b11-4-;5-4-;. The molecule has 2 aromatic rings. The summed E-state index contributed by atoms with van der Waals surface area (Å²) in [4.78, 5) is 5.39. The van der Waals surface area contributed by atoms with Crippen LogP contribution in [0.25, 0.3) is 0 Å². The van der Waals surface area contributed by atoms with Crippen molar-refractivity contribution in [2.24, 2.45) is 0 Å². The fourth-order valence-electron chi connectivity index (χ4n) is 4.13. The van der Waals surface area contributed by atoms with Crippen molar-refractivity contribution in [3.8, 4) is 0 Å². The summed E-state index contributed by atoms with van der Waals surface area (Å²) < 4.78 is 0. The molecular weight excluding hydrogens is 406 g/mol. The molecule has 0 aromatic heterocycles. The number of hydrogen-bond donors (Lipinski definition) is 0. The van der Waals surface area contributed by atoms with Crippen molar-refractivity contribution in [2.45, 2.75) is 49.8 Å². The Hall–Kier alpha value is -2.71. The highest BCUT2D eigenvalue weighted by molar-refractivity contribution is 8.34. The Bertz CT molecular complexity index is 911. The van der Waals surface area contributed by atoms with Gasteiger partial charge in [0, 0.05) is 15.5 Å². The van der Waals surface area contributed by atoms with E-state index in [1.54, 1.807) is 12.2 Å². The van der Waals surface area contributed by atoms with E-state index in [1.165, 1.54) is 51.9 Å². The maximum absolute atomic E-state index is 4.33.